The summed E-state index contributed by atoms with van der Waals surface area (Å²) < 4.78 is 5.72. The molecule has 1 N–H and O–H groups in total. The number of para-hydroxylation sites is 1. The fourth-order valence-electron chi connectivity index (χ4n) is 3.35. The number of nitrogens with zero attached hydrogens (tertiary/aromatic N) is 2. The lowest BCUT2D eigenvalue weighted by atomic mass is 9.94. The average molecular weight is 309 g/mol. The molecule has 0 bridgehead atoms. The molecule has 118 valence electrons. The number of H-pyrrole nitrogens is 1. The number of benzene rings is 1. The van der Waals surface area contributed by atoms with Gasteiger partial charge < -0.3 is 9.64 Å². The molecular weight excluding hydrogens is 290 g/mol. The van der Waals surface area contributed by atoms with E-state index >= 15 is 0 Å². The van der Waals surface area contributed by atoms with E-state index in [0.717, 1.165) is 48.5 Å². The average Bonchev–Trinajstić information content (AvgIpc) is 3.15. The number of hydrogen-bond donors (Lipinski definition) is 1. The van der Waals surface area contributed by atoms with Crippen molar-refractivity contribution in [1.29, 1.82) is 0 Å². The van der Waals surface area contributed by atoms with E-state index < -0.39 is 0 Å². The van der Waals surface area contributed by atoms with Gasteiger partial charge in [0.15, 0.2) is 0 Å². The van der Waals surface area contributed by atoms with Gasteiger partial charge in [-0.1, -0.05) is 18.2 Å². The number of amides is 1. The van der Waals surface area contributed by atoms with E-state index in [4.69, 9.17) is 4.74 Å². The van der Waals surface area contributed by atoms with Crippen LogP contribution in [0.15, 0.2) is 42.1 Å². The van der Waals surface area contributed by atoms with Crippen molar-refractivity contribution in [2.75, 3.05) is 19.7 Å². The first-order valence-electron chi connectivity index (χ1n) is 8.02. The van der Waals surface area contributed by atoms with Gasteiger partial charge in [-0.15, -0.1) is 0 Å². The summed E-state index contributed by atoms with van der Waals surface area (Å²) >= 11 is 0. The number of fused-ring (bicyclic) bond motifs is 1. The fourth-order valence-corrected chi connectivity index (χ4v) is 3.35. The van der Waals surface area contributed by atoms with Crippen LogP contribution in [0.25, 0.3) is 6.08 Å². The van der Waals surface area contributed by atoms with Crippen LogP contribution in [0.4, 0.5) is 0 Å². The van der Waals surface area contributed by atoms with Crippen molar-refractivity contribution >= 4 is 12.0 Å². The molecule has 2 aliphatic heterocycles. The van der Waals surface area contributed by atoms with Gasteiger partial charge in [0.1, 0.15) is 12.4 Å². The highest BCUT2D eigenvalue weighted by molar-refractivity contribution is 5.99. The maximum absolute atomic E-state index is 12.8. The molecule has 1 aromatic carbocycles. The standard InChI is InChI=1S/C18H19N3O2/c22-18(15-10-13-4-1-2-6-17(13)23-12-15)21-9-3-5-14(11-21)16-7-8-19-20-16/h1-2,4,6-8,10,14H,3,5,9,11-12H2,(H,19,20)/t14-/m0/s1. The molecule has 2 aromatic rings. The van der Waals surface area contributed by atoms with Crippen LogP contribution in [0, 0.1) is 0 Å². The van der Waals surface area contributed by atoms with Gasteiger partial charge in [0.25, 0.3) is 5.91 Å². The van der Waals surface area contributed by atoms with Gasteiger partial charge in [0, 0.05) is 36.5 Å². The van der Waals surface area contributed by atoms with E-state index in [9.17, 15) is 4.79 Å². The third-order valence-corrected chi connectivity index (χ3v) is 4.58. The van der Waals surface area contributed by atoms with Crippen molar-refractivity contribution in [3.05, 3.63) is 53.4 Å². The number of piperidine rings is 1. The first-order chi connectivity index (χ1) is 11.3. The van der Waals surface area contributed by atoms with Crippen LogP contribution in [0.1, 0.15) is 30.0 Å². The Balaban J connectivity index is 1.52. The number of rotatable bonds is 2. The molecule has 0 radical (unpaired) electrons. The molecule has 1 saturated heterocycles. The van der Waals surface area contributed by atoms with E-state index in [2.05, 4.69) is 10.2 Å². The zero-order valence-corrected chi connectivity index (χ0v) is 12.9. The largest absolute Gasteiger partial charge is 0.488 e. The molecule has 23 heavy (non-hydrogen) atoms. The van der Waals surface area contributed by atoms with Crippen LogP contribution < -0.4 is 4.74 Å². The third kappa shape index (κ3) is 2.74. The molecule has 1 atom stereocenters. The number of aromatic nitrogens is 2. The van der Waals surface area contributed by atoms with Crippen molar-refractivity contribution in [3.63, 3.8) is 0 Å². The summed E-state index contributed by atoms with van der Waals surface area (Å²) in [5.74, 6) is 1.27. The van der Waals surface area contributed by atoms with Crippen molar-refractivity contribution < 1.29 is 9.53 Å². The molecule has 1 aromatic heterocycles. The second kappa shape index (κ2) is 5.91. The highest BCUT2D eigenvalue weighted by atomic mass is 16.5. The quantitative estimate of drug-likeness (QED) is 0.927. The van der Waals surface area contributed by atoms with Gasteiger partial charge >= 0.3 is 0 Å². The van der Waals surface area contributed by atoms with Crippen LogP contribution >= 0.6 is 0 Å². The summed E-state index contributed by atoms with van der Waals surface area (Å²) in [7, 11) is 0. The number of carbonyl (C=O) groups is 1. The van der Waals surface area contributed by atoms with Crippen LogP contribution in [-0.2, 0) is 4.79 Å². The topological polar surface area (TPSA) is 58.2 Å². The first kappa shape index (κ1) is 14.1. The molecule has 1 fully saturated rings. The van der Waals surface area contributed by atoms with Crippen molar-refractivity contribution in [3.8, 4) is 5.75 Å². The van der Waals surface area contributed by atoms with Gasteiger partial charge in [-0.3, -0.25) is 9.89 Å². The van der Waals surface area contributed by atoms with Crippen LogP contribution in [0.2, 0.25) is 0 Å². The lowest BCUT2D eigenvalue weighted by molar-refractivity contribution is -0.128. The van der Waals surface area contributed by atoms with Gasteiger partial charge in [-0.05, 0) is 31.1 Å². The van der Waals surface area contributed by atoms with Crippen molar-refractivity contribution in [2.45, 2.75) is 18.8 Å². The highest BCUT2D eigenvalue weighted by Gasteiger charge is 2.28. The molecule has 5 heteroatoms. The molecule has 0 spiro atoms. The molecular formula is C18H19N3O2. The van der Waals surface area contributed by atoms with Crippen LogP contribution in [0.5, 0.6) is 5.75 Å². The smallest absolute Gasteiger partial charge is 0.253 e. The summed E-state index contributed by atoms with van der Waals surface area (Å²) in [6.07, 6.45) is 5.83. The van der Waals surface area contributed by atoms with E-state index in [0.29, 0.717) is 12.5 Å². The lowest BCUT2D eigenvalue weighted by Gasteiger charge is -2.33. The number of ether oxygens (including phenoxy) is 1. The summed E-state index contributed by atoms with van der Waals surface area (Å²) in [5, 5.41) is 7.05. The minimum Gasteiger partial charge on any atom is -0.488 e. The van der Waals surface area contributed by atoms with Gasteiger partial charge in [-0.25, -0.2) is 0 Å². The van der Waals surface area contributed by atoms with Gasteiger partial charge in [0.2, 0.25) is 0 Å². The number of hydrogen-bond acceptors (Lipinski definition) is 3. The van der Waals surface area contributed by atoms with Gasteiger partial charge in [0.05, 0.1) is 5.57 Å². The van der Waals surface area contributed by atoms with Gasteiger partial charge in [-0.2, -0.15) is 5.10 Å². The van der Waals surface area contributed by atoms with Crippen LogP contribution in [-0.4, -0.2) is 40.7 Å². The lowest BCUT2D eigenvalue weighted by Crippen LogP contribution is -2.41. The predicted molar refractivity (Wildman–Crippen MR) is 87.1 cm³/mol. The van der Waals surface area contributed by atoms with Crippen molar-refractivity contribution in [1.82, 2.24) is 15.1 Å². The summed E-state index contributed by atoms with van der Waals surface area (Å²) in [6.45, 7) is 1.89. The number of nitrogens with one attached hydrogen (secondary N) is 1. The normalized spacial score (nSPS) is 20.4. The monoisotopic (exact) mass is 309 g/mol. The summed E-state index contributed by atoms with van der Waals surface area (Å²) in [4.78, 5) is 14.8. The second-order valence-electron chi connectivity index (χ2n) is 6.10. The van der Waals surface area contributed by atoms with Crippen molar-refractivity contribution in [2.24, 2.45) is 0 Å². The molecule has 1 amide bonds. The first-order valence-corrected chi connectivity index (χ1v) is 8.02. The molecule has 5 nitrogen and oxygen atoms in total. The molecule has 2 aliphatic rings. The molecule has 4 rings (SSSR count). The minimum atomic E-state index is 0.0868. The molecule has 3 heterocycles. The fraction of sp³-hybridized carbons (Fsp3) is 0.333. The number of likely N-dealkylation sites (tertiary alicyclic amines) is 1. The molecule has 0 saturated carbocycles. The zero-order valence-electron chi connectivity index (χ0n) is 12.9. The Morgan fingerprint density at radius 3 is 3.09 bits per heavy atom. The van der Waals surface area contributed by atoms with E-state index in [1.165, 1.54) is 0 Å². The minimum absolute atomic E-state index is 0.0868. The Morgan fingerprint density at radius 1 is 1.30 bits per heavy atom. The maximum Gasteiger partial charge on any atom is 0.253 e. The maximum atomic E-state index is 12.8. The van der Waals surface area contributed by atoms with E-state index in [-0.39, 0.29) is 5.91 Å². The highest BCUT2D eigenvalue weighted by Crippen LogP contribution is 2.29. The van der Waals surface area contributed by atoms with Crippen LogP contribution in [0.3, 0.4) is 0 Å². The SMILES string of the molecule is O=C(C1=Cc2ccccc2OC1)N1CCC[C@H](c2ccn[nH]2)C1. The molecule has 0 aliphatic carbocycles. The summed E-state index contributed by atoms with van der Waals surface area (Å²) in [6, 6.07) is 9.81. The number of aromatic amines is 1. The Morgan fingerprint density at radius 2 is 2.22 bits per heavy atom. The summed E-state index contributed by atoms with van der Waals surface area (Å²) in [5.41, 5.74) is 2.82. The number of carbonyl (C=O) groups excluding carboxylic acids is 1. The van der Waals surface area contributed by atoms with E-state index in [1.54, 1.807) is 6.20 Å². The van der Waals surface area contributed by atoms with E-state index in [1.807, 2.05) is 41.3 Å². The Labute approximate surface area is 135 Å². The third-order valence-electron chi connectivity index (χ3n) is 4.58. The second-order valence-corrected chi connectivity index (χ2v) is 6.10. The Hall–Kier alpha value is -2.56. The zero-order chi connectivity index (χ0) is 15.6. The Kier molecular flexibility index (Phi) is 3.61. The molecule has 0 unspecified atom stereocenters. The predicted octanol–water partition coefficient (Wildman–Crippen LogP) is 2.59. The Bertz CT molecular complexity index is 736.